The molecule has 2 aliphatic heterocycles. The van der Waals surface area contributed by atoms with Crippen LogP contribution in [0.25, 0.3) is 0 Å². The number of carbonyl (C=O) groups is 2. The van der Waals surface area contributed by atoms with Gasteiger partial charge in [0.2, 0.25) is 5.91 Å². The third-order valence-electron chi connectivity index (χ3n) is 5.82. The van der Waals surface area contributed by atoms with E-state index in [2.05, 4.69) is 10.6 Å². The van der Waals surface area contributed by atoms with Crippen LogP contribution in [-0.4, -0.2) is 49.2 Å². The Labute approximate surface area is 165 Å². The molecule has 1 saturated heterocycles. The molecule has 1 aromatic carbocycles. The van der Waals surface area contributed by atoms with Crippen molar-refractivity contribution >= 4 is 17.6 Å². The molecule has 1 aliphatic carbocycles. The molecule has 0 aromatic heterocycles. The minimum Gasteiger partial charge on any atom is -0.486 e. The van der Waals surface area contributed by atoms with Crippen LogP contribution in [0.5, 0.6) is 11.5 Å². The summed E-state index contributed by atoms with van der Waals surface area (Å²) >= 11 is 0. The number of benzene rings is 1. The highest BCUT2D eigenvalue weighted by Crippen LogP contribution is 2.33. The first-order chi connectivity index (χ1) is 13.7. The Hall–Kier alpha value is -2.44. The van der Waals surface area contributed by atoms with Crippen LogP contribution in [0.2, 0.25) is 0 Å². The lowest BCUT2D eigenvalue weighted by atomic mass is 9.95. The molecule has 3 aliphatic rings. The Bertz CT molecular complexity index is 718. The van der Waals surface area contributed by atoms with Gasteiger partial charge in [-0.2, -0.15) is 0 Å². The SMILES string of the molecule is O=C(Nc1ccc2c(c1)OCCO2)[C@@H]1CCCN(C(=O)NC2CCCCC2)C1. The number of likely N-dealkylation sites (tertiary alicyclic amines) is 1. The molecule has 2 heterocycles. The quantitative estimate of drug-likeness (QED) is 0.835. The van der Waals surface area contributed by atoms with Gasteiger partial charge in [-0.05, 0) is 37.8 Å². The van der Waals surface area contributed by atoms with Gasteiger partial charge in [-0.3, -0.25) is 4.79 Å². The number of fused-ring (bicyclic) bond motifs is 1. The number of anilines is 1. The number of ether oxygens (including phenoxy) is 2. The summed E-state index contributed by atoms with van der Waals surface area (Å²) in [5, 5.41) is 6.13. The van der Waals surface area contributed by atoms with Crippen molar-refractivity contribution in [3.8, 4) is 11.5 Å². The predicted molar refractivity (Wildman–Crippen MR) is 106 cm³/mol. The number of rotatable bonds is 3. The van der Waals surface area contributed by atoms with Crippen molar-refractivity contribution in [3.05, 3.63) is 18.2 Å². The third-order valence-corrected chi connectivity index (χ3v) is 5.82. The van der Waals surface area contributed by atoms with Crippen molar-refractivity contribution < 1.29 is 19.1 Å². The molecule has 0 radical (unpaired) electrons. The van der Waals surface area contributed by atoms with E-state index >= 15 is 0 Å². The zero-order valence-corrected chi connectivity index (χ0v) is 16.2. The summed E-state index contributed by atoms with van der Waals surface area (Å²) in [5.41, 5.74) is 0.693. The van der Waals surface area contributed by atoms with E-state index in [1.165, 1.54) is 19.3 Å². The first kappa shape index (κ1) is 18.9. The molecule has 1 aromatic rings. The maximum atomic E-state index is 12.8. The number of carbonyl (C=O) groups excluding carboxylic acids is 2. The van der Waals surface area contributed by atoms with E-state index in [0.29, 0.717) is 43.5 Å². The summed E-state index contributed by atoms with van der Waals surface area (Å²) in [6.45, 7) is 2.24. The topological polar surface area (TPSA) is 79.9 Å². The van der Waals surface area contributed by atoms with Crippen molar-refractivity contribution in [1.29, 1.82) is 0 Å². The van der Waals surface area contributed by atoms with E-state index in [1.807, 2.05) is 12.1 Å². The van der Waals surface area contributed by atoms with E-state index < -0.39 is 0 Å². The van der Waals surface area contributed by atoms with Gasteiger partial charge in [0.25, 0.3) is 0 Å². The number of hydrogen-bond donors (Lipinski definition) is 2. The van der Waals surface area contributed by atoms with Crippen molar-refractivity contribution in [2.45, 2.75) is 51.0 Å². The Morgan fingerprint density at radius 3 is 2.57 bits per heavy atom. The van der Waals surface area contributed by atoms with Crippen LogP contribution in [0, 0.1) is 5.92 Å². The predicted octanol–water partition coefficient (Wildman–Crippen LogP) is 3.15. The third kappa shape index (κ3) is 4.51. The highest BCUT2D eigenvalue weighted by molar-refractivity contribution is 5.93. The molecular weight excluding hydrogens is 358 g/mol. The monoisotopic (exact) mass is 387 g/mol. The summed E-state index contributed by atoms with van der Waals surface area (Å²) in [6.07, 6.45) is 7.40. The molecule has 28 heavy (non-hydrogen) atoms. The van der Waals surface area contributed by atoms with Gasteiger partial charge < -0.3 is 25.0 Å². The van der Waals surface area contributed by atoms with Gasteiger partial charge in [0.1, 0.15) is 13.2 Å². The zero-order chi connectivity index (χ0) is 19.3. The second-order valence-corrected chi connectivity index (χ2v) is 7.92. The van der Waals surface area contributed by atoms with E-state index in [9.17, 15) is 9.59 Å². The van der Waals surface area contributed by atoms with Gasteiger partial charge in [0.05, 0.1) is 5.92 Å². The number of hydrogen-bond acceptors (Lipinski definition) is 4. The fourth-order valence-electron chi connectivity index (χ4n) is 4.25. The molecule has 1 saturated carbocycles. The van der Waals surface area contributed by atoms with Crippen LogP contribution in [0.1, 0.15) is 44.9 Å². The Morgan fingerprint density at radius 2 is 1.75 bits per heavy atom. The molecule has 3 amide bonds. The lowest BCUT2D eigenvalue weighted by Crippen LogP contribution is -2.50. The van der Waals surface area contributed by atoms with Crippen LogP contribution >= 0.6 is 0 Å². The van der Waals surface area contributed by atoms with Crippen LogP contribution in [0.15, 0.2) is 18.2 Å². The van der Waals surface area contributed by atoms with Crippen LogP contribution < -0.4 is 20.1 Å². The fourth-order valence-corrected chi connectivity index (χ4v) is 4.25. The van der Waals surface area contributed by atoms with Crippen molar-refractivity contribution in [1.82, 2.24) is 10.2 Å². The Kier molecular flexibility index (Phi) is 5.88. The first-order valence-corrected chi connectivity index (χ1v) is 10.4. The number of piperidine rings is 1. The summed E-state index contributed by atoms with van der Waals surface area (Å²) in [4.78, 5) is 27.2. The molecule has 7 nitrogen and oxygen atoms in total. The van der Waals surface area contributed by atoms with Crippen molar-refractivity contribution in [3.63, 3.8) is 0 Å². The fraction of sp³-hybridized carbons (Fsp3) is 0.619. The maximum absolute atomic E-state index is 12.8. The van der Waals surface area contributed by atoms with Gasteiger partial charge in [-0.25, -0.2) is 4.79 Å². The zero-order valence-electron chi connectivity index (χ0n) is 16.2. The van der Waals surface area contributed by atoms with E-state index in [-0.39, 0.29) is 23.9 Å². The number of amides is 3. The molecule has 4 rings (SSSR count). The second kappa shape index (κ2) is 8.71. The molecule has 7 heteroatoms. The average molecular weight is 387 g/mol. The van der Waals surface area contributed by atoms with Crippen LogP contribution in [0.3, 0.4) is 0 Å². The van der Waals surface area contributed by atoms with Gasteiger partial charge in [0.15, 0.2) is 11.5 Å². The van der Waals surface area contributed by atoms with Gasteiger partial charge in [-0.15, -0.1) is 0 Å². The Morgan fingerprint density at radius 1 is 0.964 bits per heavy atom. The van der Waals surface area contributed by atoms with Crippen LogP contribution in [0.4, 0.5) is 10.5 Å². The molecular formula is C21H29N3O4. The van der Waals surface area contributed by atoms with Crippen molar-refractivity contribution in [2.24, 2.45) is 5.92 Å². The van der Waals surface area contributed by atoms with Crippen LogP contribution in [-0.2, 0) is 4.79 Å². The molecule has 2 fully saturated rings. The molecule has 152 valence electrons. The summed E-state index contributed by atoms with van der Waals surface area (Å²) in [5.74, 6) is 1.11. The van der Waals surface area contributed by atoms with Crippen molar-refractivity contribution in [2.75, 3.05) is 31.6 Å². The van der Waals surface area contributed by atoms with E-state index in [0.717, 1.165) is 25.7 Å². The lowest BCUT2D eigenvalue weighted by molar-refractivity contribution is -0.121. The summed E-state index contributed by atoms with van der Waals surface area (Å²) in [6, 6.07) is 5.69. The minimum atomic E-state index is -0.195. The minimum absolute atomic E-state index is 0.0243. The normalized spacial score (nSPS) is 22.4. The number of urea groups is 1. The van der Waals surface area contributed by atoms with Gasteiger partial charge >= 0.3 is 6.03 Å². The molecule has 0 unspecified atom stereocenters. The smallest absolute Gasteiger partial charge is 0.317 e. The number of nitrogens with one attached hydrogen (secondary N) is 2. The molecule has 0 spiro atoms. The van der Waals surface area contributed by atoms with Gasteiger partial charge in [0, 0.05) is 30.9 Å². The number of nitrogens with zero attached hydrogens (tertiary/aromatic N) is 1. The average Bonchev–Trinajstić information content (AvgIpc) is 2.74. The standard InChI is InChI=1S/C21H29N3O4/c25-20(22-17-8-9-18-19(13-17)28-12-11-27-18)15-5-4-10-24(14-15)21(26)23-16-6-2-1-3-7-16/h8-9,13,15-16H,1-7,10-12,14H2,(H,22,25)(H,23,26)/t15-/m1/s1. The highest BCUT2D eigenvalue weighted by atomic mass is 16.6. The van der Waals surface area contributed by atoms with Gasteiger partial charge in [-0.1, -0.05) is 19.3 Å². The van der Waals surface area contributed by atoms with E-state index in [4.69, 9.17) is 9.47 Å². The maximum Gasteiger partial charge on any atom is 0.317 e. The van der Waals surface area contributed by atoms with E-state index in [1.54, 1.807) is 11.0 Å². The largest absolute Gasteiger partial charge is 0.486 e. The summed E-state index contributed by atoms with van der Waals surface area (Å²) in [7, 11) is 0. The first-order valence-electron chi connectivity index (χ1n) is 10.4. The second-order valence-electron chi connectivity index (χ2n) is 7.92. The lowest BCUT2D eigenvalue weighted by Gasteiger charge is -2.34. The molecule has 2 N–H and O–H groups in total. The molecule has 1 atom stereocenters. The summed E-state index contributed by atoms with van der Waals surface area (Å²) < 4.78 is 11.1. The molecule has 0 bridgehead atoms. The highest BCUT2D eigenvalue weighted by Gasteiger charge is 2.29. The Balaban J connectivity index is 1.32.